The summed E-state index contributed by atoms with van der Waals surface area (Å²) in [7, 11) is 0. The zero-order chi connectivity index (χ0) is 15.8. The fraction of sp³-hybridized carbons (Fsp3) is 0.800. The minimum Gasteiger partial charge on any atom is -0.481 e. The third kappa shape index (κ3) is 5.36. The summed E-state index contributed by atoms with van der Waals surface area (Å²) in [6, 6.07) is -0.173. The van der Waals surface area contributed by atoms with E-state index in [4.69, 9.17) is 5.11 Å². The quantitative estimate of drug-likeness (QED) is 0.736. The van der Waals surface area contributed by atoms with Crippen LogP contribution in [0.25, 0.3) is 0 Å². The van der Waals surface area contributed by atoms with Crippen LogP contribution in [0.1, 0.15) is 52.4 Å². The molecule has 1 aliphatic rings. The van der Waals surface area contributed by atoms with Crippen LogP contribution in [0.4, 0.5) is 0 Å². The molecule has 0 bridgehead atoms. The van der Waals surface area contributed by atoms with Crippen molar-refractivity contribution in [3.63, 3.8) is 0 Å². The largest absolute Gasteiger partial charge is 0.481 e. The highest BCUT2D eigenvalue weighted by atomic mass is 16.4. The molecule has 120 valence electrons. The van der Waals surface area contributed by atoms with Crippen LogP contribution in [0.3, 0.4) is 0 Å². The molecule has 0 aromatic heterocycles. The number of carboxylic acids is 1. The summed E-state index contributed by atoms with van der Waals surface area (Å²) >= 11 is 0. The van der Waals surface area contributed by atoms with Gasteiger partial charge < -0.3 is 14.9 Å². The van der Waals surface area contributed by atoms with Gasteiger partial charge in [0.05, 0.1) is 6.42 Å². The molecule has 0 saturated carbocycles. The highest BCUT2D eigenvalue weighted by Crippen LogP contribution is 2.21. The smallest absolute Gasteiger partial charge is 0.305 e. The molecular formula is C15H26N2O4. The Morgan fingerprint density at radius 2 is 1.86 bits per heavy atom. The molecule has 1 atom stereocenters. The van der Waals surface area contributed by atoms with E-state index in [0.29, 0.717) is 38.9 Å². The van der Waals surface area contributed by atoms with Crippen molar-refractivity contribution >= 4 is 17.8 Å². The van der Waals surface area contributed by atoms with Crippen molar-refractivity contribution in [3.05, 3.63) is 0 Å². The van der Waals surface area contributed by atoms with Gasteiger partial charge in [0.15, 0.2) is 0 Å². The predicted octanol–water partition coefficient (Wildman–Crippen LogP) is 1.49. The molecule has 0 aromatic rings. The second-order valence-corrected chi connectivity index (χ2v) is 5.40. The number of amides is 2. The molecule has 1 rings (SSSR count). The molecule has 0 radical (unpaired) electrons. The van der Waals surface area contributed by atoms with Gasteiger partial charge in [-0.25, -0.2) is 0 Å². The molecule has 0 aliphatic carbocycles. The van der Waals surface area contributed by atoms with Crippen LogP contribution in [0.5, 0.6) is 0 Å². The fourth-order valence-corrected chi connectivity index (χ4v) is 2.85. The third-order valence-electron chi connectivity index (χ3n) is 4.01. The highest BCUT2D eigenvalue weighted by Gasteiger charge is 2.29. The number of aliphatic carboxylic acids is 1. The van der Waals surface area contributed by atoms with Crippen LogP contribution in [0.2, 0.25) is 0 Å². The molecule has 1 unspecified atom stereocenters. The van der Waals surface area contributed by atoms with E-state index in [1.807, 2.05) is 13.8 Å². The van der Waals surface area contributed by atoms with E-state index in [1.54, 1.807) is 9.80 Å². The van der Waals surface area contributed by atoms with Crippen LogP contribution >= 0.6 is 0 Å². The Bertz CT molecular complexity index is 380. The monoisotopic (exact) mass is 298 g/mol. The maximum atomic E-state index is 12.1. The van der Waals surface area contributed by atoms with E-state index >= 15 is 0 Å². The third-order valence-corrected chi connectivity index (χ3v) is 4.01. The van der Waals surface area contributed by atoms with Crippen molar-refractivity contribution in [1.82, 2.24) is 9.80 Å². The number of carbonyl (C=O) groups is 3. The van der Waals surface area contributed by atoms with E-state index in [-0.39, 0.29) is 24.3 Å². The topological polar surface area (TPSA) is 77.9 Å². The summed E-state index contributed by atoms with van der Waals surface area (Å²) in [4.78, 5) is 38.2. The van der Waals surface area contributed by atoms with Gasteiger partial charge in [0.1, 0.15) is 0 Å². The Morgan fingerprint density at radius 1 is 1.19 bits per heavy atom. The molecule has 1 heterocycles. The van der Waals surface area contributed by atoms with E-state index in [2.05, 4.69) is 0 Å². The molecular weight excluding hydrogens is 272 g/mol. The Labute approximate surface area is 126 Å². The van der Waals surface area contributed by atoms with Crippen molar-refractivity contribution in [3.8, 4) is 0 Å². The molecule has 21 heavy (non-hydrogen) atoms. The normalized spacial score (nSPS) is 17.8. The number of likely N-dealkylation sites (tertiary alicyclic amines) is 1. The molecule has 0 aromatic carbocycles. The fourth-order valence-electron chi connectivity index (χ4n) is 2.85. The van der Waals surface area contributed by atoms with E-state index in [0.717, 1.165) is 12.8 Å². The lowest BCUT2D eigenvalue weighted by molar-refractivity contribution is -0.139. The van der Waals surface area contributed by atoms with Gasteiger partial charge in [-0.3, -0.25) is 14.4 Å². The predicted molar refractivity (Wildman–Crippen MR) is 78.8 cm³/mol. The number of hydrogen-bond donors (Lipinski definition) is 1. The van der Waals surface area contributed by atoms with Gasteiger partial charge in [-0.05, 0) is 33.1 Å². The maximum absolute atomic E-state index is 12.1. The number of rotatable bonds is 8. The first-order valence-corrected chi connectivity index (χ1v) is 7.78. The van der Waals surface area contributed by atoms with Crippen LogP contribution in [0.15, 0.2) is 0 Å². The van der Waals surface area contributed by atoms with Gasteiger partial charge in [0.25, 0.3) is 0 Å². The van der Waals surface area contributed by atoms with Gasteiger partial charge in [-0.2, -0.15) is 0 Å². The number of carbonyl (C=O) groups excluding carboxylic acids is 2. The van der Waals surface area contributed by atoms with Crippen LogP contribution in [-0.4, -0.2) is 58.4 Å². The van der Waals surface area contributed by atoms with Gasteiger partial charge in [0, 0.05) is 38.5 Å². The molecule has 2 amide bonds. The lowest BCUT2D eigenvalue weighted by Gasteiger charge is -2.24. The lowest BCUT2D eigenvalue weighted by atomic mass is 10.1. The first kappa shape index (κ1) is 17.5. The summed E-state index contributed by atoms with van der Waals surface area (Å²) in [6.07, 6.45) is 2.88. The first-order valence-electron chi connectivity index (χ1n) is 7.78. The summed E-state index contributed by atoms with van der Waals surface area (Å²) in [5, 5.41) is 8.85. The maximum Gasteiger partial charge on any atom is 0.305 e. The number of carboxylic acid groups (broad SMARTS) is 1. The zero-order valence-corrected chi connectivity index (χ0v) is 13.0. The average molecular weight is 298 g/mol. The second-order valence-electron chi connectivity index (χ2n) is 5.40. The summed E-state index contributed by atoms with van der Waals surface area (Å²) < 4.78 is 0. The zero-order valence-electron chi connectivity index (χ0n) is 13.0. The van der Waals surface area contributed by atoms with Crippen molar-refractivity contribution < 1.29 is 19.5 Å². The van der Waals surface area contributed by atoms with Gasteiger partial charge >= 0.3 is 5.97 Å². The van der Waals surface area contributed by atoms with E-state index < -0.39 is 5.97 Å². The Balaban J connectivity index is 2.36. The highest BCUT2D eigenvalue weighted by molar-refractivity contribution is 5.80. The molecule has 1 saturated heterocycles. The van der Waals surface area contributed by atoms with E-state index in [9.17, 15) is 14.4 Å². The summed E-state index contributed by atoms with van der Waals surface area (Å²) in [6.45, 7) is 5.90. The van der Waals surface area contributed by atoms with Crippen molar-refractivity contribution in [2.75, 3.05) is 19.6 Å². The van der Waals surface area contributed by atoms with Gasteiger partial charge in [-0.15, -0.1) is 0 Å². The summed E-state index contributed by atoms with van der Waals surface area (Å²) in [5.74, 6) is -0.807. The molecule has 6 heteroatoms. The minimum absolute atomic E-state index is 0.0180. The van der Waals surface area contributed by atoms with Gasteiger partial charge in [-0.1, -0.05) is 0 Å². The van der Waals surface area contributed by atoms with Crippen molar-refractivity contribution in [2.24, 2.45) is 0 Å². The SMILES string of the molecule is CCN(CC)C(=O)CCCC(=O)N1CCCC1CC(=O)O. The van der Waals surface area contributed by atoms with Crippen molar-refractivity contribution in [2.45, 2.75) is 58.4 Å². The lowest BCUT2D eigenvalue weighted by Crippen LogP contribution is -2.37. The minimum atomic E-state index is -0.864. The Morgan fingerprint density at radius 3 is 2.43 bits per heavy atom. The second kappa shape index (κ2) is 8.64. The van der Waals surface area contributed by atoms with E-state index in [1.165, 1.54) is 0 Å². The average Bonchev–Trinajstić information content (AvgIpc) is 2.87. The molecule has 1 fully saturated rings. The van der Waals surface area contributed by atoms with Crippen molar-refractivity contribution in [1.29, 1.82) is 0 Å². The standard InChI is InChI=1S/C15H26N2O4/c1-3-16(4-2)13(18)8-5-9-14(19)17-10-6-7-12(17)11-15(20)21/h12H,3-11H2,1-2H3,(H,20,21). The van der Waals surface area contributed by atoms with Crippen LogP contribution in [0, 0.1) is 0 Å². The Hall–Kier alpha value is -1.59. The summed E-state index contributed by atoms with van der Waals surface area (Å²) in [5.41, 5.74) is 0. The number of hydrogen-bond acceptors (Lipinski definition) is 3. The molecule has 1 N–H and O–H groups in total. The first-order chi connectivity index (χ1) is 9.99. The Kier molecular flexibility index (Phi) is 7.19. The molecule has 1 aliphatic heterocycles. The number of nitrogens with zero attached hydrogens (tertiary/aromatic N) is 2. The molecule has 0 spiro atoms. The van der Waals surface area contributed by atoms with Crippen LogP contribution < -0.4 is 0 Å². The van der Waals surface area contributed by atoms with Crippen LogP contribution in [-0.2, 0) is 14.4 Å². The van der Waals surface area contributed by atoms with Gasteiger partial charge in [0.2, 0.25) is 11.8 Å². The molecule has 6 nitrogen and oxygen atoms in total.